The van der Waals surface area contributed by atoms with Crippen LogP contribution in [0, 0.1) is 5.92 Å². The molecule has 1 N–H and O–H groups in total. The summed E-state index contributed by atoms with van der Waals surface area (Å²) in [6.45, 7) is 7.69. The van der Waals surface area contributed by atoms with Crippen LogP contribution in [0.5, 0.6) is 0 Å². The SMILES string of the molecule is CC(C)[C@H](NC(=O)N1CCN(C2CC2)CC1)c1nc(C2CC2)no1. The summed E-state index contributed by atoms with van der Waals surface area (Å²) in [5.41, 5.74) is 0. The number of carbonyl (C=O) groups is 1. The molecule has 3 aliphatic rings. The van der Waals surface area contributed by atoms with E-state index in [1.54, 1.807) is 0 Å². The molecule has 0 radical (unpaired) electrons. The van der Waals surface area contributed by atoms with Crippen molar-refractivity contribution >= 4 is 6.03 Å². The molecule has 1 saturated heterocycles. The summed E-state index contributed by atoms with van der Waals surface area (Å²) in [5.74, 6) is 2.00. The van der Waals surface area contributed by atoms with Gasteiger partial charge in [-0.15, -0.1) is 0 Å². The molecule has 3 fully saturated rings. The first-order valence-corrected chi connectivity index (χ1v) is 9.25. The largest absolute Gasteiger partial charge is 0.337 e. The Morgan fingerprint density at radius 1 is 1.17 bits per heavy atom. The molecule has 1 atom stereocenters. The molecule has 2 amide bonds. The standard InChI is InChI=1S/C17H27N5O2/c1-11(2)14(16-19-15(20-24-16)12-3-4-12)18-17(23)22-9-7-21(8-10-22)13-5-6-13/h11-14H,3-10H2,1-2H3,(H,18,23)/t14-/m0/s1. The van der Waals surface area contributed by atoms with E-state index in [0.717, 1.165) is 50.9 Å². The zero-order valence-corrected chi connectivity index (χ0v) is 14.6. The second kappa shape index (κ2) is 6.35. The van der Waals surface area contributed by atoms with Crippen LogP contribution >= 0.6 is 0 Å². The van der Waals surface area contributed by atoms with Gasteiger partial charge in [-0.25, -0.2) is 4.79 Å². The summed E-state index contributed by atoms with van der Waals surface area (Å²) < 4.78 is 5.43. The van der Waals surface area contributed by atoms with Gasteiger partial charge in [-0.2, -0.15) is 4.98 Å². The van der Waals surface area contributed by atoms with Gasteiger partial charge in [0.25, 0.3) is 0 Å². The predicted octanol–water partition coefficient (Wildman–Crippen LogP) is 2.13. The number of aromatic nitrogens is 2. The number of carbonyl (C=O) groups excluding carboxylic acids is 1. The lowest BCUT2D eigenvalue weighted by atomic mass is 10.0. The van der Waals surface area contributed by atoms with Crippen molar-refractivity contribution in [2.45, 2.75) is 57.5 Å². The van der Waals surface area contributed by atoms with E-state index in [9.17, 15) is 4.79 Å². The number of amides is 2. The van der Waals surface area contributed by atoms with Crippen LogP contribution in [0.25, 0.3) is 0 Å². The molecule has 132 valence electrons. The van der Waals surface area contributed by atoms with Crippen molar-refractivity contribution in [1.29, 1.82) is 0 Å². The highest BCUT2D eigenvalue weighted by Crippen LogP contribution is 2.38. The molecule has 1 aliphatic heterocycles. The lowest BCUT2D eigenvalue weighted by molar-refractivity contribution is 0.129. The van der Waals surface area contributed by atoms with E-state index >= 15 is 0 Å². The van der Waals surface area contributed by atoms with Gasteiger partial charge in [0.1, 0.15) is 6.04 Å². The maximum Gasteiger partial charge on any atom is 0.318 e. The molecule has 2 aliphatic carbocycles. The first kappa shape index (κ1) is 15.9. The van der Waals surface area contributed by atoms with Crippen LogP contribution in [-0.4, -0.2) is 58.2 Å². The smallest absolute Gasteiger partial charge is 0.318 e. The van der Waals surface area contributed by atoms with Crippen LogP contribution in [0.4, 0.5) is 4.79 Å². The minimum Gasteiger partial charge on any atom is -0.337 e. The third kappa shape index (κ3) is 3.41. The average molecular weight is 333 g/mol. The van der Waals surface area contributed by atoms with E-state index in [4.69, 9.17) is 4.52 Å². The first-order chi connectivity index (χ1) is 11.6. The molecular formula is C17H27N5O2. The first-order valence-electron chi connectivity index (χ1n) is 9.25. The van der Waals surface area contributed by atoms with Crippen molar-refractivity contribution in [3.63, 3.8) is 0 Å². The molecule has 2 saturated carbocycles. The molecule has 2 heterocycles. The molecule has 24 heavy (non-hydrogen) atoms. The molecule has 1 aromatic rings. The summed E-state index contributed by atoms with van der Waals surface area (Å²) >= 11 is 0. The monoisotopic (exact) mass is 333 g/mol. The van der Waals surface area contributed by atoms with Crippen LogP contribution in [0.3, 0.4) is 0 Å². The molecule has 0 unspecified atom stereocenters. The van der Waals surface area contributed by atoms with Gasteiger partial charge in [0, 0.05) is 38.1 Å². The highest BCUT2D eigenvalue weighted by atomic mass is 16.5. The van der Waals surface area contributed by atoms with Gasteiger partial charge in [-0.3, -0.25) is 4.90 Å². The Kier molecular flexibility index (Phi) is 4.20. The van der Waals surface area contributed by atoms with E-state index < -0.39 is 0 Å². The van der Waals surface area contributed by atoms with Gasteiger partial charge in [-0.1, -0.05) is 19.0 Å². The van der Waals surface area contributed by atoms with Crippen molar-refractivity contribution in [2.75, 3.05) is 26.2 Å². The minimum absolute atomic E-state index is 0.0182. The van der Waals surface area contributed by atoms with Crippen LogP contribution in [-0.2, 0) is 0 Å². The lowest BCUT2D eigenvalue weighted by Crippen LogP contribution is -2.53. The van der Waals surface area contributed by atoms with Crippen molar-refractivity contribution < 1.29 is 9.32 Å². The summed E-state index contributed by atoms with van der Waals surface area (Å²) in [6.07, 6.45) is 4.93. The highest BCUT2D eigenvalue weighted by molar-refractivity contribution is 5.74. The molecule has 7 nitrogen and oxygen atoms in total. The van der Waals surface area contributed by atoms with Crippen molar-refractivity contribution in [3.05, 3.63) is 11.7 Å². The second-order valence-corrected chi connectivity index (χ2v) is 7.69. The second-order valence-electron chi connectivity index (χ2n) is 7.69. The fourth-order valence-electron chi connectivity index (χ4n) is 3.35. The Morgan fingerprint density at radius 3 is 2.46 bits per heavy atom. The lowest BCUT2D eigenvalue weighted by Gasteiger charge is -2.35. The Hall–Kier alpha value is -1.63. The molecule has 4 rings (SSSR count). The maximum absolute atomic E-state index is 12.6. The van der Waals surface area contributed by atoms with Gasteiger partial charge in [0.15, 0.2) is 5.82 Å². The Morgan fingerprint density at radius 2 is 1.88 bits per heavy atom. The molecule has 0 aromatic carbocycles. The fourth-order valence-corrected chi connectivity index (χ4v) is 3.35. The quantitative estimate of drug-likeness (QED) is 0.893. The number of nitrogens with zero attached hydrogens (tertiary/aromatic N) is 4. The number of nitrogens with one attached hydrogen (secondary N) is 1. The molecular weight excluding hydrogens is 306 g/mol. The highest BCUT2D eigenvalue weighted by Gasteiger charge is 2.34. The zero-order valence-electron chi connectivity index (χ0n) is 14.6. The third-order valence-corrected chi connectivity index (χ3v) is 5.28. The van der Waals surface area contributed by atoms with Crippen molar-refractivity contribution in [3.8, 4) is 0 Å². The maximum atomic E-state index is 12.6. The number of piperazine rings is 1. The van der Waals surface area contributed by atoms with Gasteiger partial charge < -0.3 is 14.7 Å². The fraction of sp³-hybridized carbons (Fsp3) is 0.824. The topological polar surface area (TPSA) is 74.5 Å². The van der Waals surface area contributed by atoms with Crippen molar-refractivity contribution in [2.24, 2.45) is 5.92 Å². The Bertz CT molecular complexity index is 586. The van der Waals surface area contributed by atoms with E-state index in [0.29, 0.717) is 11.8 Å². The van der Waals surface area contributed by atoms with E-state index in [1.165, 1.54) is 12.8 Å². The summed E-state index contributed by atoms with van der Waals surface area (Å²) in [4.78, 5) is 21.6. The van der Waals surface area contributed by atoms with E-state index in [2.05, 4.69) is 34.2 Å². The Labute approximate surface area is 142 Å². The van der Waals surface area contributed by atoms with Gasteiger partial charge in [0.05, 0.1) is 0 Å². The predicted molar refractivity (Wildman–Crippen MR) is 88.6 cm³/mol. The Balaban J connectivity index is 1.36. The summed E-state index contributed by atoms with van der Waals surface area (Å²) in [7, 11) is 0. The van der Waals surface area contributed by atoms with Crippen LogP contribution in [0.1, 0.15) is 63.2 Å². The zero-order chi connectivity index (χ0) is 16.7. The number of rotatable bonds is 5. The molecule has 1 aromatic heterocycles. The molecule has 0 bridgehead atoms. The average Bonchev–Trinajstić information content (AvgIpc) is 3.50. The molecule has 7 heteroatoms. The normalized spacial score (nSPS) is 23.5. The minimum atomic E-state index is -0.223. The van der Waals surface area contributed by atoms with Crippen molar-refractivity contribution in [1.82, 2.24) is 25.3 Å². The van der Waals surface area contributed by atoms with Gasteiger partial charge in [0.2, 0.25) is 5.89 Å². The summed E-state index contributed by atoms with van der Waals surface area (Å²) in [5, 5.41) is 7.19. The van der Waals surface area contributed by atoms with Crippen LogP contribution < -0.4 is 5.32 Å². The van der Waals surface area contributed by atoms with Gasteiger partial charge >= 0.3 is 6.03 Å². The van der Waals surface area contributed by atoms with Crippen LogP contribution in [0.2, 0.25) is 0 Å². The van der Waals surface area contributed by atoms with E-state index in [1.807, 2.05) is 4.90 Å². The van der Waals surface area contributed by atoms with E-state index in [-0.39, 0.29) is 18.0 Å². The number of hydrogen-bond acceptors (Lipinski definition) is 5. The number of hydrogen-bond donors (Lipinski definition) is 1. The third-order valence-electron chi connectivity index (χ3n) is 5.28. The molecule has 0 spiro atoms. The summed E-state index contributed by atoms with van der Waals surface area (Å²) in [6, 6.07) is 0.534. The van der Waals surface area contributed by atoms with Gasteiger partial charge in [-0.05, 0) is 31.6 Å². The number of urea groups is 1. The van der Waals surface area contributed by atoms with Crippen LogP contribution in [0.15, 0.2) is 4.52 Å².